The highest BCUT2D eigenvalue weighted by molar-refractivity contribution is 5.59. The van der Waals surface area contributed by atoms with E-state index in [-0.39, 0.29) is 0 Å². The minimum atomic E-state index is -1.29. The van der Waals surface area contributed by atoms with Crippen LogP contribution in [0.3, 0.4) is 0 Å². The topological polar surface area (TPSA) is 58.6 Å². The molecule has 0 aromatic rings. The molecule has 2 N–H and O–H groups in total. The molecule has 0 bridgehead atoms. The zero-order valence-corrected chi connectivity index (χ0v) is 5.20. The van der Waals surface area contributed by atoms with E-state index in [2.05, 4.69) is 10.1 Å². The third kappa shape index (κ3) is 1.81. The number of allylic oxidation sites excluding steroid dienone is 1. The zero-order valence-electron chi connectivity index (χ0n) is 5.20. The van der Waals surface area contributed by atoms with E-state index in [0.717, 1.165) is 0 Å². The summed E-state index contributed by atoms with van der Waals surface area (Å²) >= 11 is 0. The van der Waals surface area contributed by atoms with E-state index in [9.17, 15) is 4.79 Å². The van der Waals surface area contributed by atoms with Crippen LogP contribution in [-0.4, -0.2) is 17.8 Å². The molecule has 0 aromatic heterocycles. The van der Waals surface area contributed by atoms with E-state index in [0.29, 0.717) is 12.3 Å². The van der Waals surface area contributed by atoms with Gasteiger partial charge in [-0.05, 0) is 6.08 Å². The summed E-state index contributed by atoms with van der Waals surface area (Å²) in [6.45, 7) is 0.715. The van der Waals surface area contributed by atoms with Crippen molar-refractivity contribution in [2.24, 2.45) is 0 Å². The Balaban J connectivity index is 2.48. The van der Waals surface area contributed by atoms with Gasteiger partial charge in [0.15, 0.2) is 0 Å². The summed E-state index contributed by atoms with van der Waals surface area (Å²) in [6.07, 6.45) is 3.59. The number of carboxylic acid groups (broad SMARTS) is 1. The Hall–Kier alpha value is -1.45. The van der Waals surface area contributed by atoms with Crippen molar-refractivity contribution in [1.82, 2.24) is 5.32 Å². The largest absolute Gasteiger partial charge is 0.511 e. The van der Waals surface area contributed by atoms with Crippen molar-refractivity contribution in [3.05, 3.63) is 24.1 Å². The zero-order chi connectivity index (χ0) is 7.40. The monoisotopic (exact) mass is 141 g/mol. The van der Waals surface area contributed by atoms with Gasteiger partial charge in [0.05, 0.1) is 0 Å². The van der Waals surface area contributed by atoms with Crippen LogP contribution in [-0.2, 0) is 4.74 Å². The second kappa shape index (κ2) is 2.91. The van der Waals surface area contributed by atoms with Crippen molar-refractivity contribution < 1.29 is 14.6 Å². The molecule has 0 fully saturated rings. The van der Waals surface area contributed by atoms with Gasteiger partial charge in [-0.2, -0.15) is 0 Å². The molecule has 0 saturated heterocycles. The van der Waals surface area contributed by atoms with Crippen LogP contribution in [0.15, 0.2) is 24.1 Å². The minimum absolute atomic E-state index is 0.318. The van der Waals surface area contributed by atoms with Gasteiger partial charge in [-0.15, -0.1) is 0 Å². The summed E-state index contributed by atoms with van der Waals surface area (Å²) in [4.78, 5) is 9.94. The fourth-order valence-corrected chi connectivity index (χ4v) is 0.615. The van der Waals surface area contributed by atoms with Crippen molar-refractivity contribution >= 4 is 6.16 Å². The van der Waals surface area contributed by atoms with Gasteiger partial charge < -0.3 is 15.2 Å². The number of carbonyl (C=O) groups is 1. The molecule has 1 aliphatic heterocycles. The van der Waals surface area contributed by atoms with Crippen LogP contribution in [0, 0.1) is 0 Å². The lowest BCUT2D eigenvalue weighted by atomic mass is 10.4. The first-order valence-corrected chi connectivity index (χ1v) is 2.80. The molecule has 1 rings (SSSR count). The Kier molecular flexibility index (Phi) is 1.94. The molecule has 0 unspecified atom stereocenters. The number of hydrogen-bond acceptors (Lipinski definition) is 3. The third-order valence-corrected chi connectivity index (χ3v) is 0.967. The van der Waals surface area contributed by atoms with Crippen LogP contribution < -0.4 is 5.32 Å². The predicted molar refractivity (Wildman–Crippen MR) is 34.3 cm³/mol. The normalized spacial score (nSPS) is 15.4. The fourth-order valence-electron chi connectivity index (χ4n) is 0.615. The van der Waals surface area contributed by atoms with Crippen LogP contribution >= 0.6 is 0 Å². The highest BCUT2D eigenvalue weighted by Crippen LogP contribution is 2.01. The van der Waals surface area contributed by atoms with Crippen LogP contribution in [0.4, 0.5) is 4.79 Å². The highest BCUT2D eigenvalue weighted by atomic mass is 16.7. The van der Waals surface area contributed by atoms with Crippen molar-refractivity contribution in [3.63, 3.8) is 0 Å². The third-order valence-electron chi connectivity index (χ3n) is 0.967. The lowest BCUT2D eigenvalue weighted by Crippen LogP contribution is -2.11. The van der Waals surface area contributed by atoms with E-state index in [1.807, 2.05) is 0 Å². The summed E-state index contributed by atoms with van der Waals surface area (Å²) in [5.74, 6) is 0.318. The van der Waals surface area contributed by atoms with Crippen LogP contribution in [0.2, 0.25) is 0 Å². The Bertz CT molecular complexity index is 195. The van der Waals surface area contributed by atoms with Gasteiger partial charge in [0.25, 0.3) is 0 Å². The number of rotatable bonds is 1. The lowest BCUT2D eigenvalue weighted by molar-refractivity contribution is 0.121. The van der Waals surface area contributed by atoms with E-state index in [1.54, 1.807) is 12.2 Å². The first-order valence-electron chi connectivity index (χ1n) is 2.80. The van der Waals surface area contributed by atoms with Gasteiger partial charge >= 0.3 is 6.16 Å². The van der Waals surface area contributed by atoms with Gasteiger partial charge in [-0.3, -0.25) is 0 Å². The average molecular weight is 141 g/mol. The maximum Gasteiger partial charge on any atom is 0.511 e. The average Bonchev–Trinajstić information content (AvgIpc) is 1.88. The molecule has 0 aliphatic carbocycles. The molecule has 0 radical (unpaired) electrons. The fraction of sp³-hybridized carbons (Fsp3) is 0.167. The Morgan fingerprint density at radius 3 is 3.10 bits per heavy atom. The molecule has 4 heteroatoms. The van der Waals surface area contributed by atoms with E-state index < -0.39 is 6.16 Å². The van der Waals surface area contributed by atoms with Gasteiger partial charge in [0.2, 0.25) is 0 Å². The van der Waals surface area contributed by atoms with Crippen LogP contribution in [0.1, 0.15) is 0 Å². The standard InChI is InChI=1S/C6H7NO3/c8-6(9)10-5-2-1-3-7-4-5/h1-2,4,7H,3H2,(H,8,9). The second-order valence-electron chi connectivity index (χ2n) is 1.73. The molecule has 0 aromatic carbocycles. The molecule has 0 atom stereocenters. The molecular formula is C6H7NO3. The smallest absolute Gasteiger partial charge is 0.449 e. The Morgan fingerprint density at radius 2 is 2.60 bits per heavy atom. The van der Waals surface area contributed by atoms with Gasteiger partial charge in [-0.25, -0.2) is 4.79 Å². The number of nitrogens with one attached hydrogen (secondary N) is 1. The first kappa shape index (κ1) is 6.67. The maximum atomic E-state index is 9.94. The summed E-state index contributed by atoms with van der Waals surface area (Å²) in [5.41, 5.74) is 0. The van der Waals surface area contributed by atoms with Gasteiger partial charge in [0, 0.05) is 12.7 Å². The number of ether oxygens (including phenoxy) is 1. The SMILES string of the molecule is O=C(O)OC1=CNCC=C1. The Labute approximate surface area is 57.8 Å². The number of hydrogen-bond donors (Lipinski definition) is 2. The molecule has 0 saturated carbocycles. The Morgan fingerprint density at radius 1 is 1.80 bits per heavy atom. The lowest BCUT2D eigenvalue weighted by Gasteiger charge is -2.05. The summed E-state index contributed by atoms with van der Waals surface area (Å²) < 4.78 is 4.32. The van der Waals surface area contributed by atoms with Crippen molar-refractivity contribution in [3.8, 4) is 0 Å². The molecule has 10 heavy (non-hydrogen) atoms. The molecule has 4 nitrogen and oxygen atoms in total. The quantitative estimate of drug-likeness (QED) is 0.527. The molecule has 1 heterocycles. The van der Waals surface area contributed by atoms with Crippen molar-refractivity contribution in [2.75, 3.05) is 6.54 Å². The second-order valence-corrected chi connectivity index (χ2v) is 1.73. The predicted octanol–water partition coefficient (Wildman–Crippen LogP) is 0.682. The number of dihydropyridines is 1. The molecule has 0 spiro atoms. The molecular weight excluding hydrogens is 134 g/mol. The maximum absolute atomic E-state index is 9.94. The highest BCUT2D eigenvalue weighted by Gasteiger charge is 2.01. The van der Waals surface area contributed by atoms with Crippen molar-refractivity contribution in [2.45, 2.75) is 0 Å². The van der Waals surface area contributed by atoms with E-state index in [1.165, 1.54) is 6.20 Å². The van der Waals surface area contributed by atoms with E-state index >= 15 is 0 Å². The molecule has 1 aliphatic rings. The first-order chi connectivity index (χ1) is 4.79. The van der Waals surface area contributed by atoms with Gasteiger partial charge in [0.1, 0.15) is 5.76 Å². The van der Waals surface area contributed by atoms with Gasteiger partial charge in [-0.1, -0.05) is 6.08 Å². The van der Waals surface area contributed by atoms with Crippen molar-refractivity contribution in [1.29, 1.82) is 0 Å². The molecule has 54 valence electrons. The summed E-state index contributed by atoms with van der Waals surface area (Å²) in [7, 11) is 0. The van der Waals surface area contributed by atoms with Crippen LogP contribution in [0.5, 0.6) is 0 Å². The molecule has 0 amide bonds. The summed E-state index contributed by atoms with van der Waals surface area (Å²) in [6, 6.07) is 0. The summed E-state index contributed by atoms with van der Waals surface area (Å²) in [5, 5.41) is 10.9. The van der Waals surface area contributed by atoms with E-state index in [4.69, 9.17) is 5.11 Å². The van der Waals surface area contributed by atoms with Crippen LogP contribution in [0.25, 0.3) is 0 Å². The minimum Gasteiger partial charge on any atom is -0.449 e.